The quantitative estimate of drug-likeness (QED) is 0.827. The van der Waals surface area contributed by atoms with Crippen molar-refractivity contribution in [2.75, 3.05) is 6.54 Å². The fraction of sp³-hybridized carbons (Fsp3) is 0.357. The summed E-state index contributed by atoms with van der Waals surface area (Å²) in [6, 6.07) is 8.53. The number of hydrogen-bond acceptors (Lipinski definition) is 2. The molecule has 0 atom stereocenters. The molecular weight excluding hydrogens is 210 g/mol. The molecule has 0 aliphatic carbocycles. The van der Waals surface area contributed by atoms with Crippen LogP contribution in [-0.4, -0.2) is 16.5 Å². The van der Waals surface area contributed by atoms with Gasteiger partial charge in [-0.2, -0.15) is 0 Å². The molecule has 0 unspecified atom stereocenters. The molecule has 0 bridgehead atoms. The first-order valence-electron chi connectivity index (χ1n) is 6.16. The number of nitrogens with zero attached hydrogens (tertiary/aromatic N) is 1. The van der Waals surface area contributed by atoms with E-state index in [2.05, 4.69) is 41.2 Å². The Morgan fingerprint density at radius 1 is 1.24 bits per heavy atom. The van der Waals surface area contributed by atoms with Gasteiger partial charge in [-0.3, -0.25) is 0 Å². The lowest BCUT2D eigenvalue weighted by atomic mass is 10.1. The Morgan fingerprint density at radius 2 is 2.00 bits per heavy atom. The van der Waals surface area contributed by atoms with Crippen LogP contribution in [0.3, 0.4) is 0 Å². The van der Waals surface area contributed by atoms with Crippen LogP contribution >= 0.6 is 0 Å². The number of benzene rings is 1. The van der Waals surface area contributed by atoms with Crippen LogP contribution in [0.5, 0.6) is 0 Å². The number of aromatic nitrogens is 2. The van der Waals surface area contributed by atoms with Gasteiger partial charge in [-0.1, -0.05) is 31.2 Å². The molecule has 0 aliphatic heterocycles. The third-order valence-corrected chi connectivity index (χ3v) is 2.91. The molecule has 3 heteroatoms. The van der Waals surface area contributed by atoms with Crippen LogP contribution in [0.2, 0.25) is 0 Å². The molecule has 0 saturated carbocycles. The standard InChI is InChI=1S/C14H19N3/c1-2-11-5-7-12(8-6-11)14-16-10-13(17-14)4-3-9-15/h5-8,10H,2-4,9,15H2,1H3,(H,16,17). The van der Waals surface area contributed by atoms with Gasteiger partial charge in [0.05, 0.1) is 0 Å². The van der Waals surface area contributed by atoms with Crippen molar-refractivity contribution in [3.8, 4) is 11.4 Å². The van der Waals surface area contributed by atoms with Gasteiger partial charge in [-0.05, 0) is 31.4 Å². The lowest BCUT2D eigenvalue weighted by Gasteiger charge is -1.99. The fourth-order valence-corrected chi connectivity index (χ4v) is 1.82. The second-order valence-corrected chi connectivity index (χ2v) is 4.20. The first kappa shape index (κ1) is 11.9. The molecular formula is C14H19N3. The molecule has 0 spiro atoms. The molecule has 2 aromatic rings. The summed E-state index contributed by atoms with van der Waals surface area (Å²) in [7, 11) is 0. The van der Waals surface area contributed by atoms with Crippen molar-refractivity contribution in [3.63, 3.8) is 0 Å². The topological polar surface area (TPSA) is 54.7 Å². The zero-order valence-corrected chi connectivity index (χ0v) is 10.2. The molecule has 3 nitrogen and oxygen atoms in total. The number of nitrogens with one attached hydrogen (secondary N) is 1. The predicted octanol–water partition coefficient (Wildman–Crippen LogP) is 2.53. The van der Waals surface area contributed by atoms with Crippen molar-refractivity contribution in [1.82, 2.24) is 9.97 Å². The summed E-state index contributed by atoms with van der Waals surface area (Å²) in [6.07, 6.45) is 4.94. The minimum absolute atomic E-state index is 0.722. The van der Waals surface area contributed by atoms with Crippen LogP contribution in [0.15, 0.2) is 30.5 Å². The molecule has 0 saturated heterocycles. The van der Waals surface area contributed by atoms with Gasteiger partial charge >= 0.3 is 0 Å². The average molecular weight is 229 g/mol. The van der Waals surface area contributed by atoms with Gasteiger partial charge in [0, 0.05) is 17.5 Å². The van der Waals surface area contributed by atoms with Gasteiger partial charge in [0.2, 0.25) is 0 Å². The van der Waals surface area contributed by atoms with E-state index in [4.69, 9.17) is 5.73 Å². The summed E-state index contributed by atoms with van der Waals surface area (Å²) in [4.78, 5) is 7.73. The monoisotopic (exact) mass is 229 g/mol. The van der Waals surface area contributed by atoms with Crippen molar-refractivity contribution in [1.29, 1.82) is 0 Å². The number of hydrogen-bond donors (Lipinski definition) is 2. The highest BCUT2D eigenvalue weighted by molar-refractivity contribution is 5.55. The molecule has 2 rings (SSSR count). The summed E-state index contributed by atoms with van der Waals surface area (Å²) in [5, 5.41) is 0. The highest BCUT2D eigenvalue weighted by Crippen LogP contribution is 2.17. The molecule has 1 aromatic carbocycles. The predicted molar refractivity (Wildman–Crippen MR) is 70.8 cm³/mol. The van der Waals surface area contributed by atoms with E-state index in [0.29, 0.717) is 0 Å². The van der Waals surface area contributed by atoms with Crippen LogP contribution < -0.4 is 5.73 Å². The maximum atomic E-state index is 5.49. The van der Waals surface area contributed by atoms with E-state index in [-0.39, 0.29) is 0 Å². The lowest BCUT2D eigenvalue weighted by Crippen LogP contribution is -2.00. The molecule has 1 aromatic heterocycles. The van der Waals surface area contributed by atoms with Gasteiger partial charge in [-0.25, -0.2) is 4.98 Å². The number of aryl methyl sites for hydroxylation is 2. The zero-order chi connectivity index (χ0) is 12.1. The summed E-state index contributed by atoms with van der Waals surface area (Å²) >= 11 is 0. The third kappa shape index (κ3) is 2.94. The molecule has 90 valence electrons. The molecule has 0 fully saturated rings. The van der Waals surface area contributed by atoms with Crippen LogP contribution in [0.25, 0.3) is 11.4 Å². The number of aromatic amines is 1. The van der Waals surface area contributed by atoms with Crippen molar-refractivity contribution in [2.24, 2.45) is 5.73 Å². The van der Waals surface area contributed by atoms with E-state index in [1.807, 2.05) is 6.20 Å². The van der Waals surface area contributed by atoms with Crippen LogP contribution in [0.1, 0.15) is 24.6 Å². The number of nitrogens with two attached hydrogens (primary N) is 1. The molecule has 0 amide bonds. The maximum Gasteiger partial charge on any atom is 0.137 e. The maximum absolute atomic E-state index is 5.49. The second-order valence-electron chi connectivity index (χ2n) is 4.20. The van der Waals surface area contributed by atoms with Gasteiger partial charge in [-0.15, -0.1) is 0 Å². The Bertz CT molecular complexity index is 457. The van der Waals surface area contributed by atoms with Crippen molar-refractivity contribution >= 4 is 0 Å². The Kier molecular flexibility index (Phi) is 3.94. The Hall–Kier alpha value is -1.61. The minimum atomic E-state index is 0.722. The van der Waals surface area contributed by atoms with Crippen molar-refractivity contribution in [3.05, 3.63) is 41.7 Å². The Morgan fingerprint density at radius 3 is 2.65 bits per heavy atom. The van der Waals surface area contributed by atoms with E-state index in [1.54, 1.807) is 0 Å². The molecule has 17 heavy (non-hydrogen) atoms. The van der Waals surface area contributed by atoms with Crippen molar-refractivity contribution < 1.29 is 0 Å². The smallest absolute Gasteiger partial charge is 0.137 e. The van der Waals surface area contributed by atoms with Gasteiger partial charge < -0.3 is 10.7 Å². The first-order chi connectivity index (χ1) is 8.33. The molecule has 3 N–H and O–H groups in total. The van der Waals surface area contributed by atoms with E-state index < -0.39 is 0 Å². The molecule has 0 aliphatic rings. The Labute approximate surface area is 102 Å². The van der Waals surface area contributed by atoms with Gasteiger partial charge in [0.25, 0.3) is 0 Å². The average Bonchev–Trinajstić information content (AvgIpc) is 2.85. The Balaban J connectivity index is 2.12. The van der Waals surface area contributed by atoms with Crippen LogP contribution in [-0.2, 0) is 12.8 Å². The minimum Gasteiger partial charge on any atom is -0.342 e. The van der Waals surface area contributed by atoms with E-state index in [0.717, 1.165) is 42.9 Å². The third-order valence-electron chi connectivity index (χ3n) is 2.91. The molecule has 0 radical (unpaired) electrons. The highest BCUT2D eigenvalue weighted by atomic mass is 14.9. The zero-order valence-electron chi connectivity index (χ0n) is 10.2. The van der Waals surface area contributed by atoms with Gasteiger partial charge in [0.1, 0.15) is 5.82 Å². The number of H-pyrrole nitrogens is 1. The largest absolute Gasteiger partial charge is 0.342 e. The second kappa shape index (κ2) is 5.64. The summed E-state index contributed by atoms with van der Waals surface area (Å²) in [5.74, 6) is 0.944. The summed E-state index contributed by atoms with van der Waals surface area (Å²) in [5.41, 5.74) is 9.14. The molecule has 1 heterocycles. The SMILES string of the molecule is CCc1ccc(-c2ncc(CCCN)[nH]2)cc1. The first-order valence-corrected chi connectivity index (χ1v) is 6.16. The van der Waals surface area contributed by atoms with Crippen LogP contribution in [0.4, 0.5) is 0 Å². The van der Waals surface area contributed by atoms with E-state index >= 15 is 0 Å². The normalized spacial score (nSPS) is 10.7. The van der Waals surface area contributed by atoms with Crippen molar-refractivity contribution in [2.45, 2.75) is 26.2 Å². The summed E-state index contributed by atoms with van der Waals surface area (Å²) < 4.78 is 0. The van der Waals surface area contributed by atoms with E-state index in [1.165, 1.54) is 5.56 Å². The van der Waals surface area contributed by atoms with Gasteiger partial charge in [0.15, 0.2) is 0 Å². The number of imidazole rings is 1. The summed E-state index contributed by atoms with van der Waals surface area (Å²) in [6.45, 7) is 2.88. The fourth-order valence-electron chi connectivity index (χ4n) is 1.82. The lowest BCUT2D eigenvalue weighted by molar-refractivity contribution is 0.816. The van der Waals surface area contributed by atoms with E-state index in [9.17, 15) is 0 Å². The number of rotatable bonds is 5. The van der Waals surface area contributed by atoms with Crippen LogP contribution in [0, 0.1) is 0 Å². The highest BCUT2D eigenvalue weighted by Gasteiger charge is 2.03.